The van der Waals surface area contributed by atoms with Crippen LogP contribution in [0.3, 0.4) is 0 Å². The molecule has 0 aliphatic heterocycles. The summed E-state index contributed by atoms with van der Waals surface area (Å²) < 4.78 is 22.6. The van der Waals surface area contributed by atoms with E-state index in [9.17, 15) is 43.2 Å². The van der Waals surface area contributed by atoms with Gasteiger partial charge < -0.3 is 45.2 Å². The molecule has 32 nitrogen and oxygen atoms in total. The second kappa shape index (κ2) is 38.7. The van der Waals surface area contributed by atoms with E-state index in [1.807, 2.05) is 5.32 Å². The average Bonchev–Trinajstić information content (AvgIpc) is 4.24. The molecule has 0 aliphatic rings. The lowest BCUT2D eigenvalue weighted by Gasteiger charge is -2.01. The highest BCUT2D eigenvalue weighted by molar-refractivity contribution is 7.16. The number of hydrogen-bond donors (Lipinski definition) is 8. The molecule has 0 aromatic carbocycles. The van der Waals surface area contributed by atoms with Crippen LogP contribution in [-0.4, -0.2) is 139 Å². The molecule has 0 spiro atoms. The summed E-state index contributed by atoms with van der Waals surface area (Å²) in [5, 5.41) is 15.9. The Labute approximate surface area is 459 Å². The van der Waals surface area contributed by atoms with Crippen molar-refractivity contribution in [3.05, 3.63) is 99.0 Å². The zero-order valence-electron chi connectivity index (χ0n) is 40.3. The fourth-order valence-electron chi connectivity index (χ4n) is 3.92. The molecule has 6 heterocycles. The van der Waals surface area contributed by atoms with Crippen LogP contribution in [0.15, 0.2) is 36.8 Å². The molecule has 3 amide bonds. The van der Waals surface area contributed by atoms with Gasteiger partial charge in [0.1, 0.15) is 25.2 Å². The Bertz CT molecular complexity index is 3160. The Morgan fingerprint density at radius 1 is 0.766 bits per heavy atom. The molecule has 77 heavy (non-hydrogen) atoms. The van der Waals surface area contributed by atoms with Crippen molar-refractivity contribution in [3.8, 4) is 0 Å². The molecule has 6 aromatic heterocycles. The number of fused-ring (bicyclic) bond motifs is 2. The smallest absolute Gasteiger partial charge is 0.413 e. The Kier molecular flexibility index (Phi) is 34.3. The summed E-state index contributed by atoms with van der Waals surface area (Å²) in [4.78, 5) is 133. The summed E-state index contributed by atoms with van der Waals surface area (Å²) >= 11 is 16.2. The minimum absolute atomic E-state index is 0.0793. The number of nitrogens with zero attached hydrogens (tertiary/aromatic N) is 10. The Balaban J connectivity index is 0.000000879. The fourth-order valence-corrected chi connectivity index (χ4v) is 6.98. The van der Waals surface area contributed by atoms with Crippen molar-refractivity contribution in [1.29, 1.82) is 0 Å². The predicted octanol–water partition coefficient (Wildman–Crippen LogP) is 3.33. The number of oxime groups is 1. The van der Waals surface area contributed by atoms with E-state index in [1.165, 1.54) is 50.5 Å². The number of amides is 3. The third kappa shape index (κ3) is 25.8. The predicted molar refractivity (Wildman–Crippen MR) is 280 cm³/mol. The SMILES string of the molecule is CCOC(=O)c1ncsc1N.CCOC(=O)c1ncsc1NC(N)=O.Clc1nc(Cl)c2ncsc2n1.O=c1[nH]c(=O)c2ncsc2[nH]1.[C-]#[N+]/C(=N/O)C(=O)OCC.[C-]#[N+]C(N)C(=O)OCC.[C-]#[N+]C(NC=O)C(=O)OCC. The van der Waals surface area contributed by atoms with E-state index in [1.54, 1.807) is 40.1 Å². The molecule has 6 rings (SSSR count). The molecule has 0 fully saturated rings. The number of urea groups is 1. The maximum Gasteiger partial charge on any atom is 0.413 e. The standard InChI is InChI=1S/C7H9N3O3S.C6H8N2O3.C6H8N2O2S.C5HCl2N3S.C5H3N3O2S.C5H6N2O3.C5H8N2O2/c1-2-13-6(11)4-5(10-7(8)12)14-3-9-4;1-3-11-6(10)5(7-2)8-4-9;1-2-10-6(9)4-5(7)11-3-8-4;6-3-2-4(11-1-8-2)10-5(7)9-3;9-3-2-4(11-1-6-2)8-5(10)7-3;1-3-10-5(8)4(6-2)7-9;1-3-9-5(8)4(6)7-2/h3H,2H2,1H3,(H3,8,10,12);4-5H,3H2,1H3,(H,8,9);3H,2,7H2,1H3;1H;1H,(H2,7,8,9,10);9H,3H2,1H3;4H,3,6H2,1H3/b;;;;;7-4+;. The number of thiazole rings is 4. The summed E-state index contributed by atoms with van der Waals surface area (Å²) in [6, 6.07) is -0.736. The van der Waals surface area contributed by atoms with Gasteiger partial charge >= 0.3 is 59.7 Å². The molecular formula is C39H43Cl2N17O15S4. The van der Waals surface area contributed by atoms with E-state index in [4.69, 9.17) is 74.8 Å². The van der Waals surface area contributed by atoms with E-state index in [0.717, 1.165) is 16.2 Å². The number of nitrogens with two attached hydrogens (primary N) is 3. The monoisotopic (exact) mass is 1190 g/mol. The van der Waals surface area contributed by atoms with Crippen LogP contribution >= 0.6 is 68.5 Å². The number of H-pyrrole nitrogens is 2. The van der Waals surface area contributed by atoms with Crippen molar-refractivity contribution < 1.29 is 62.5 Å². The van der Waals surface area contributed by atoms with Gasteiger partial charge in [0.05, 0.1) is 60.2 Å². The number of aromatic amines is 2. The van der Waals surface area contributed by atoms with E-state index >= 15 is 0 Å². The maximum absolute atomic E-state index is 11.2. The highest BCUT2D eigenvalue weighted by atomic mass is 35.5. The molecule has 0 bridgehead atoms. The van der Waals surface area contributed by atoms with E-state index in [2.05, 4.69) is 79.1 Å². The first kappa shape index (κ1) is 68.2. The molecule has 0 radical (unpaired) electrons. The fraction of sp³-hybridized carbons (Fsp3) is 0.308. The number of primary amides is 1. The summed E-state index contributed by atoms with van der Waals surface area (Å²) in [6.07, 6.45) is -2.06. The number of hydrogen-bond acceptors (Lipinski definition) is 28. The quantitative estimate of drug-likeness (QED) is 0.00832. The zero-order chi connectivity index (χ0) is 58.5. The highest BCUT2D eigenvalue weighted by Gasteiger charge is 2.23. The lowest BCUT2D eigenvalue weighted by Crippen LogP contribution is -2.34. The number of amidine groups is 1. The Hall–Kier alpha value is -8.83. The third-order valence-corrected chi connectivity index (χ3v) is 10.2. The first-order valence-electron chi connectivity index (χ1n) is 20.5. The largest absolute Gasteiger partial charge is 0.470 e. The molecule has 412 valence electrons. The highest BCUT2D eigenvalue weighted by Crippen LogP contribution is 2.23. The first-order valence-corrected chi connectivity index (χ1v) is 24.8. The molecule has 38 heteroatoms. The molecule has 2 atom stereocenters. The molecule has 6 aromatic rings. The van der Waals surface area contributed by atoms with Crippen LogP contribution < -0.4 is 39.1 Å². The summed E-state index contributed by atoms with van der Waals surface area (Å²) in [5.41, 5.74) is 21.7. The third-order valence-electron chi connectivity index (χ3n) is 6.89. The molecule has 11 N–H and O–H groups in total. The minimum Gasteiger partial charge on any atom is -0.470 e. The van der Waals surface area contributed by atoms with Gasteiger partial charge in [-0.25, -0.2) is 71.8 Å². The minimum atomic E-state index is -1.20. The van der Waals surface area contributed by atoms with Crippen molar-refractivity contribution >= 4 is 147 Å². The number of rotatable bonds is 12. The maximum atomic E-state index is 11.2. The van der Waals surface area contributed by atoms with Gasteiger partial charge in [0.25, 0.3) is 5.56 Å². The van der Waals surface area contributed by atoms with Crippen LogP contribution in [0.4, 0.5) is 14.8 Å². The number of esters is 5. The number of ether oxygens (including phenoxy) is 5. The number of nitrogen functional groups attached to an aromatic ring is 1. The normalized spacial score (nSPS) is 10.4. The van der Waals surface area contributed by atoms with Crippen molar-refractivity contribution in [2.24, 2.45) is 16.6 Å². The molecule has 0 aliphatic carbocycles. The van der Waals surface area contributed by atoms with Crippen LogP contribution in [0.1, 0.15) is 55.6 Å². The van der Waals surface area contributed by atoms with Gasteiger partial charge in [0, 0.05) is 0 Å². The lowest BCUT2D eigenvalue weighted by atomic mass is 10.4. The van der Waals surface area contributed by atoms with Gasteiger partial charge in [-0.1, -0.05) is 18.2 Å². The topological polar surface area (TPSA) is 456 Å². The van der Waals surface area contributed by atoms with Gasteiger partial charge in [0.2, 0.25) is 11.7 Å². The van der Waals surface area contributed by atoms with Crippen LogP contribution in [0, 0.1) is 19.7 Å². The van der Waals surface area contributed by atoms with Gasteiger partial charge in [-0.15, -0.1) is 45.3 Å². The first-order chi connectivity index (χ1) is 36.7. The van der Waals surface area contributed by atoms with Gasteiger partial charge in [-0.2, -0.15) is 0 Å². The van der Waals surface area contributed by atoms with Crippen LogP contribution in [0.25, 0.3) is 35.2 Å². The number of anilines is 2. The van der Waals surface area contributed by atoms with Crippen molar-refractivity contribution in [1.82, 2.24) is 45.2 Å². The van der Waals surface area contributed by atoms with Gasteiger partial charge in [-0.05, 0) is 46.2 Å². The van der Waals surface area contributed by atoms with E-state index in [-0.39, 0.29) is 48.6 Å². The molecule has 2 unspecified atom stereocenters. The Morgan fingerprint density at radius 3 is 1.83 bits per heavy atom. The van der Waals surface area contributed by atoms with E-state index < -0.39 is 65.3 Å². The molecule has 0 saturated carbocycles. The number of carbonyl (C=O) groups excluding carboxylic acids is 7. The van der Waals surface area contributed by atoms with Crippen LogP contribution in [-0.2, 0) is 42.9 Å². The number of carbonyl (C=O) groups is 7. The second-order valence-electron chi connectivity index (χ2n) is 11.9. The lowest BCUT2D eigenvalue weighted by molar-refractivity contribution is -0.145. The zero-order valence-corrected chi connectivity index (χ0v) is 45.1. The number of aromatic nitrogens is 8. The summed E-state index contributed by atoms with van der Waals surface area (Å²) in [7, 11) is 0. The molecular weight excluding hydrogens is 1150 g/mol. The van der Waals surface area contributed by atoms with Gasteiger partial charge in [0.15, 0.2) is 22.1 Å². The number of nitrogens with one attached hydrogen (secondary N) is 4. The average molecular weight is 1190 g/mol. The summed E-state index contributed by atoms with van der Waals surface area (Å²) in [5.74, 6) is -3.97. The number of halogens is 2. The summed E-state index contributed by atoms with van der Waals surface area (Å²) in [6.45, 7) is 28.6. The van der Waals surface area contributed by atoms with Crippen LogP contribution in [0.2, 0.25) is 10.4 Å². The van der Waals surface area contributed by atoms with Gasteiger partial charge in [-0.3, -0.25) is 50.4 Å². The second-order valence-corrected chi connectivity index (χ2v) is 16.0. The van der Waals surface area contributed by atoms with E-state index in [0.29, 0.717) is 38.5 Å². The van der Waals surface area contributed by atoms with Crippen LogP contribution in [0.5, 0.6) is 0 Å². The van der Waals surface area contributed by atoms with Crippen molar-refractivity contribution in [2.45, 2.75) is 47.0 Å². The molecule has 0 saturated heterocycles. The van der Waals surface area contributed by atoms with Crippen molar-refractivity contribution in [2.75, 3.05) is 44.1 Å². The van der Waals surface area contributed by atoms with Crippen molar-refractivity contribution in [3.63, 3.8) is 0 Å². The Morgan fingerprint density at radius 2 is 1.31 bits per heavy atom.